The molecule has 1 heterocycles. The highest BCUT2D eigenvalue weighted by molar-refractivity contribution is 7.93. The summed E-state index contributed by atoms with van der Waals surface area (Å²) in [5, 5.41) is 4.07. The van der Waals surface area contributed by atoms with Gasteiger partial charge in [-0.3, -0.25) is 4.68 Å². The summed E-state index contributed by atoms with van der Waals surface area (Å²) in [4.78, 5) is 4.15. The second kappa shape index (κ2) is 8.94. The van der Waals surface area contributed by atoms with Gasteiger partial charge >= 0.3 is 6.61 Å². The molecule has 0 radical (unpaired) electrons. The average Bonchev–Trinajstić information content (AvgIpc) is 3.26. The Hall–Kier alpha value is -3.11. The minimum absolute atomic E-state index is 0.0588. The van der Waals surface area contributed by atoms with Crippen LogP contribution in [0.3, 0.4) is 0 Å². The normalized spacial score (nSPS) is 14.7. The zero-order chi connectivity index (χ0) is 21.8. The van der Waals surface area contributed by atoms with Gasteiger partial charge in [0, 0.05) is 0 Å². The van der Waals surface area contributed by atoms with Gasteiger partial charge in [0.25, 0.3) is 0 Å². The summed E-state index contributed by atoms with van der Waals surface area (Å²) in [6, 6.07) is 13.2. The Labute approximate surface area is 178 Å². The lowest BCUT2D eigenvalue weighted by atomic mass is 9.97. The molecule has 0 saturated carbocycles. The molecule has 162 valence electrons. The summed E-state index contributed by atoms with van der Waals surface area (Å²) in [5.41, 5.74) is 2.23. The minimum atomic E-state index is -3.81. The lowest BCUT2D eigenvalue weighted by Gasteiger charge is -2.22. The molecule has 1 aliphatic rings. The van der Waals surface area contributed by atoms with Crippen molar-refractivity contribution in [2.24, 2.45) is 0 Å². The molecule has 0 amide bonds. The van der Waals surface area contributed by atoms with Gasteiger partial charge in [0.15, 0.2) is 0 Å². The smallest absolute Gasteiger partial charge is 0.387 e. The van der Waals surface area contributed by atoms with Crippen molar-refractivity contribution in [1.82, 2.24) is 19.5 Å². The van der Waals surface area contributed by atoms with Crippen molar-refractivity contribution in [2.45, 2.75) is 32.0 Å². The quantitative estimate of drug-likeness (QED) is 0.572. The zero-order valence-corrected chi connectivity index (χ0v) is 17.2. The van der Waals surface area contributed by atoms with E-state index in [-0.39, 0.29) is 23.6 Å². The van der Waals surface area contributed by atoms with Gasteiger partial charge in [-0.15, -0.1) is 0 Å². The number of ether oxygens (including phenoxy) is 1. The number of sulfonamides is 1. The SMILES string of the molecule is O=S(=O)(NC(Cn1cncn1)c1ccccc1)C1=Cc2ccc(OC(F)F)cc2CC1. The van der Waals surface area contributed by atoms with Crippen LogP contribution in [0, 0.1) is 0 Å². The highest BCUT2D eigenvalue weighted by Crippen LogP contribution is 2.31. The number of benzene rings is 2. The molecule has 1 aliphatic carbocycles. The summed E-state index contributed by atoms with van der Waals surface area (Å²) in [6.07, 6.45) is 5.15. The van der Waals surface area contributed by atoms with Crippen LogP contribution in [0.5, 0.6) is 5.75 Å². The maximum atomic E-state index is 13.2. The van der Waals surface area contributed by atoms with E-state index in [0.29, 0.717) is 12.0 Å². The molecule has 0 fully saturated rings. The Morgan fingerprint density at radius 3 is 2.65 bits per heavy atom. The maximum Gasteiger partial charge on any atom is 0.387 e. The predicted octanol–water partition coefficient (Wildman–Crippen LogP) is 3.53. The first-order valence-corrected chi connectivity index (χ1v) is 11.1. The number of nitrogens with zero attached hydrogens (tertiary/aromatic N) is 3. The second-order valence-corrected chi connectivity index (χ2v) is 8.82. The summed E-state index contributed by atoms with van der Waals surface area (Å²) in [6.45, 7) is -2.63. The number of hydrogen-bond acceptors (Lipinski definition) is 5. The molecule has 7 nitrogen and oxygen atoms in total. The summed E-state index contributed by atoms with van der Waals surface area (Å²) < 4.78 is 60.0. The predicted molar refractivity (Wildman–Crippen MR) is 111 cm³/mol. The molecular weight excluding hydrogens is 426 g/mol. The Kier molecular flexibility index (Phi) is 6.10. The lowest BCUT2D eigenvalue weighted by Crippen LogP contribution is -2.33. The number of allylic oxidation sites excluding steroid dienone is 1. The monoisotopic (exact) mass is 446 g/mol. The summed E-state index contributed by atoms with van der Waals surface area (Å²) in [5.74, 6) is 0.0588. The Morgan fingerprint density at radius 2 is 1.94 bits per heavy atom. The summed E-state index contributed by atoms with van der Waals surface area (Å²) in [7, 11) is -3.81. The van der Waals surface area contributed by atoms with E-state index in [1.54, 1.807) is 16.8 Å². The zero-order valence-electron chi connectivity index (χ0n) is 16.4. The summed E-state index contributed by atoms with van der Waals surface area (Å²) >= 11 is 0. The average molecular weight is 446 g/mol. The van der Waals surface area contributed by atoms with Crippen molar-refractivity contribution < 1.29 is 21.9 Å². The number of hydrogen-bond donors (Lipinski definition) is 1. The van der Waals surface area contributed by atoms with E-state index < -0.39 is 22.7 Å². The van der Waals surface area contributed by atoms with Gasteiger partial charge in [-0.05, 0) is 47.7 Å². The molecule has 10 heteroatoms. The van der Waals surface area contributed by atoms with Gasteiger partial charge in [-0.25, -0.2) is 18.1 Å². The maximum absolute atomic E-state index is 13.2. The minimum Gasteiger partial charge on any atom is -0.435 e. The van der Waals surface area contributed by atoms with Gasteiger partial charge in [0.2, 0.25) is 10.0 Å². The van der Waals surface area contributed by atoms with E-state index in [9.17, 15) is 17.2 Å². The molecule has 1 atom stereocenters. The third kappa shape index (κ3) is 5.15. The van der Waals surface area contributed by atoms with Crippen molar-refractivity contribution in [3.63, 3.8) is 0 Å². The van der Waals surface area contributed by atoms with Crippen LogP contribution < -0.4 is 9.46 Å². The third-order valence-electron chi connectivity index (χ3n) is 4.98. The molecule has 3 aromatic rings. The fraction of sp³-hybridized carbons (Fsp3) is 0.238. The van der Waals surface area contributed by atoms with Crippen LogP contribution in [0.25, 0.3) is 6.08 Å². The van der Waals surface area contributed by atoms with E-state index in [1.165, 1.54) is 24.8 Å². The molecular formula is C21H20F2N4O3S. The Balaban J connectivity index is 1.58. The molecule has 1 aromatic heterocycles. The third-order valence-corrected chi connectivity index (χ3v) is 6.58. The lowest BCUT2D eigenvalue weighted by molar-refractivity contribution is -0.0498. The van der Waals surface area contributed by atoms with E-state index >= 15 is 0 Å². The molecule has 31 heavy (non-hydrogen) atoms. The number of fused-ring (bicyclic) bond motifs is 1. The van der Waals surface area contributed by atoms with Gasteiger partial charge in [-0.2, -0.15) is 13.9 Å². The van der Waals surface area contributed by atoms with Crippen molar-refractivity contribution in [1.29, 1.82) is 0 Å². The first-order chi connectivity index (χ1) is 14.9. The molecule has 1 N–H and O–H groups in total. The van der Waals surface area contributed by atoms with E-state index in [2.05, 4.69) is 19.5 Å². The number of alkyl halides is 2. The van der Waals surface area contributed by atoms with Crippen LogP contribution in [0.1, 0.15) is 29.2 Å². The van der Waals surface area contributed by atoms with E-state index in [4.69, 9.17) is 0 Å². The fourth-order valence-electron chi connectivity index (χ4n) is 3.50. The largest absolute Gasteiger partial charge is 0.435 e. The van der Waals surface area contributed by atoms with Gasteiger partial charge in [0.05, 0.1) is 17.5 Å². The second-order valence-electron chi connectivity index (χ2n) is 7.05. The van der Waals surface area contributed by atoms with Crippen LogP contribution in [-0.2, 0) is 23.0 Å². The topological polar surface area (TPSA) is 86.1 Å². The highest BCUT2D eigenvalue weighted by Gasteiger charge is 2.26. The number of nitrogens with one attached hydrogen (secondary N) is 1. The molecule has 1 unspecified atom stereocenters. The highest BCUT2D eigenvalue weighted by atomic mass is 32.2. The first kappa shape index (κ1) is 21.1. The van der Waals surface area contributed by atoms with Crippen molar-refractivity contribution in [2.75, 3.05) is 0 Å². The number of halogens is 2. The molecule has 4 rings (SSSR count). The number of aromatic nitrogens is 3. The molecule has 0 aliphatic heterocycles. The molecule has 0 saturated heterocycles. The number of aryl methyl sites for hydroxylation is 1. The van der Waals surface area contributed by atoms with Crippen molar-refractivity contribution in [3.8, 4) is 5.75 Å². The van der Waals surface area contributed by atoms with Crippen LogP contribution in [-0.4, -0.2) is 29.8 Å². The van der Waals surface area contributed by atoms with Gasteiger partial charge in [0.1, 0.15) is 18.4 Å². The van der Waals surface area contributed by atoms with E-state index in [0.717, 1.165) is 11.1 Å². The number of rotatable bonds is 8. The van der Waals surface area contributed by atoms with Crippen LogP contribution in [0.15, 0.2) is 66.1 Å². The van der Waals surface area contributed by atoms with Crippen LogP contribution >= 0.6 is 0 Å². The van der Waals surface area contributed by atoms with Gasteiger partial charge in [-0.1, -0.05) is 36.4 Å². The molecule has 0 spiro atoms. The Bertz CT molecular complexity index is 1170. The van der Waals surface area contributed by atoms with Crippen molar-refractivity contribution in [3.05, 3.63) is 82.8 Å². The Morgan fingerprint density at radius 1 is 1.13 bits per heavy atom. The first-order valence-electron chi connectivity index (χ1n) is 9.59. The molecule has 2 aromatic carbocycles. The van der Waals surface area contributed by atoms with Crippen LogP contribution in [0.2, 0.25) is 0 Å². The van der Waals surface area contributed by atoms with Crippen molar-refractivity contribution >= 4 is 16.1 Å². The molecule has 0 bridgehead atoms. The van der Waals surface area contributed by atoms with E-state index in [1.807, 2.05) is 30.3 Å². The standard InChI is InChI=1S/C21H20F2N4O3S/c22-21(23)30-18-8-6-17-11-19(9-7-16(17)10-18)31(28,29)26-20(12-27-14-24-13-25-27)15-4-2-1-3-5-15/h1-6,8,10-11,13-14,20-21,26H,7,9,12H2. The fourth-order valence-corrected chi connectivity index (χ4v) is 4.89. The van der Waals surface area contributed by atoms with Crippen LogP contribution in [0.4, 0.5) is 8.78 Å². The van der Waals surface area contributed by atoms with Gasteiger partial charge < -0.3 is 4.74 Å².